The zero-order valence-electron chi connectivity index (χ0n) is 9.57. The predicted molar refractivity (Wildman–Crippen MR) is 66.4 cm³/mol. The van der Waals surface area contributed by atoms with Gasteiger partial charge in [-0.3, -0.25) is 4.21 Å². The third-order valence-corrected chi connectivity index (χ3v) is 4.31. The van der Waals surface area contributed by atoms with Crippen molar-refractivity contribution >= 4 is 10.8 Å². The first-order valence-corrected chi connectivity index (χ1v) is 6.68. The van der Waals surface area contributed by atoms with Crippen molar-refractivity contribution in [3.63, 3.8) is 0 Å². The van der Waals surface area contributed by atoms with Gasteiger partial charge >= 0.3 is 0 Å². The number of nitrogens with one attached hydrogen (secondary N) is 1. The molecule has 0 amide bonds. The molecule has 3 heteroatoms. The molecule has 2 nitrogen and oxygen atoms in total. The Kier molecular flexibility index (Phi) is 4.99. The minimum Gasteiger partial charge on any atom is -0.312 e. The van der Waals surface area contributed by atoms with E-state index in [9.17, 15) is 4.21 Å². The quantitative estimate of drug-likeness (QED) is 0.831. The smallest absolute Gasteiger partial charge is 0.0514 e. The van der Waals surface area contributed by atoms with Crippen molar-refractivity contribution in [2.24, 2.45) is 0 Å². The van der Waals surface area contributed by atoms with Gasteiger partial charge in [-0.2, -0.15) is 0 Å². The number of rotatable bonds is 5. The second-order valence-corrected chi connectivity index (χ2v) is 5.63. The van der Waals surface area contributed by atoms with Crippen LogP contribution in [0.3, 0.4) is 0 Å². The maximum Gasteiger partial charge on any atom is 0.0514 e. The fourth-order valence-electron chi connectivity index (χ4n) is 1.75. The van der Waals surface area contributed by atoms with Crippen molar-refractivity contribution in [2.75, 3.05) is 12.8 Å². The molecule has 0 saturated carbocycles. The Hall–Kier alpha value is -0.670. The molecule has 3 atom stereocenters. The average molecular weight is 225 g/mol. The molecule has 0 saturated heterocycles. The largest absolute Gasteiger partial charge is 0.312 e. The summed E-state index contributed by atoms with van der Waals surface area (Å²) in [7, 11) is 1.15. The van der Waals surface area contributed by atoms with Gasteiger partial charge in [0, 0.05) is 22.6 Å². The van der Waals surface area contributed by atoms with E-state index in [4.69, 9.17) is 0 Å². The van der Waals surface area contributed by atoms with E-state index in [1.807, 2.05) is 39.1 Å². The van der Waals surface area contributed by atoms with Gasteiger partial charge in [0.05, 0.1) is 5.25 Å². The molecular formula is C12H19NOS. The summed E-state index contributed by atoms with van der Waals surface area (Å²) in [4.78, 5) is 0. The Balaban J connectivity index is 2.85. The van der Waals surface area contributed by atoms with Crippen molar-refractivity contribution in [1.29, 1.82) is 0 Å². The highest BCUT2D eigenvalue weighted by Crippen LogP contribution is 2.19. The summed E-state index contributed by atoms with van der Waals surface area (Å²) in [5.74, 6) is 0.714. The third-order valence-electron chi connectivity index (χ3n) is 2.64. The van der Waals surface area contributed by atoms with Gasteiger partial charge in [-0.05, 0) is 19.5 Å². The molecule has 1 rings (SSSR count). The van der Waals surface area contributed by atoms with E-state index < -0.39 is 10.8 Å². The zero-order chi connectivity index (χ0) is 11.3. The lowest BCUT2D eigenvalue weighted by molar-refractivity contribution is 0.570. The summed E-state index contributed by atoms with van der Waals surface area (Å²) >= 11 is 0. The lowest BCUT2D eigenvalue weighted by Crippen LogP contribution is -2.31. The Morgan fingerprint density at radius 2 is 1.93 bits per heavy atom. The lowest BCUT2D eigenvalue weighted by Gasteiger charge is -2.23. The number of benzene rings is 1. The van der Waals surface area contributed by atoms with E-state index in [2.05, 4.69) is 17.4 Å². The highest BCUT2D eigenvalue weighted by molar-refractivity contribution is 7.85. The maximum absolute atomic E-state index is 11.8. The maximum atomic E-state index is 11.8. The number of hydrogen-bond donors (Lipinski definition) is 1. The Labute approximate surface area is 94.5 Å². The van der Waals surface area contributed by atoms with Crippen LogP contribution in [0.1, 0.15) is 25.5 Å². The number of hydrogen-bond acceptors (Lipinski definition) is 2. The molecule has 1 aromatic rings. The molecule has 0 aliphatic carbocycles. The fraction of sp³-hybridized carbons (Fsp3) is 0.500. The van der Waals surface area contributed by atoms with Crippen LogP contribution in [0.25, 0.3) is 0 Å². The molecule has 84 valence electrons. The molecule has 15 heavy (non-hydrogen) atoms. The van der Waals surface area contributed by atoms with Gasteiger partial charge in [-0.25, -0.2) is 0 Å². The van der Waals surface area contributed by atoms with Crippen molar-refractivity contribution < 1.29 is 4.21 Å². The minimum absolute atomic E-state index is 0.141. The Bertz CT molecular complexity index is 313. The van der Waals surface area contributed by atoms with E-state index >= 15 is 0 Å². The lowest BCUT2D eigenvalue weighted by atomic mass is 10.0. The van der Waals surface area contributed by atoms with E-state index in [1.54, 1.807) is 0 Å². The van der Waals surface area contributed by atoms with E-state index in [-0.39, 0.29) is 11.3 Å². The molecule has 0 fully saturated rings. The second kappa shape index (κ2) is 6.03. The molecule has 1 N–H and O–H groups in total. The van der Waals surface area contributed by atoms with Crippen LogP contribution in [-0.2, 0) is 10.8 Å². The van der Waals surface area contributed by atoms with Gasteiger partial charge in [-0.1, -0.05) is 37.3 Å². The van der Waals surface area contributed by atoms with Crippen molar-refractivity contribution in [1.82, 2.24) is 5.32 Å². The second-order valence-electron chi connectivity index (χ2n) is 3.55. The van der Waals surface area contributed by atoms with Gasteiger partial charge in [0.15, 0.2) is 0 Å². The highest BCUT2D eigenvalue weighted by atomic mass is 32.2. The van der Waals surface area contributed by atoms with Gasteiger partial charge in [0.2, 0.25) is 0 Å². The summed E-state index contributed by atoms with van der Waals surface area (Å²) in [5.41, 5.74) is 1.20. The third kappa shape index (κ3) is 3.14. The van der Waals surface area contributed by atoms with Crippen LogP contribution in [-0.4, -0.2) is 22.3 Å². The van der Waals surface area contributed by atoms with Gasteiger partial charge in [0.1, 0.15) is 0 Å². The van der Waals surface area contributed by atoms with E-state index in [0.717, 1.165) is 0 Å². The van der Waals surface area contributed by atoms with Crippen LogP contribution in [0.2, 0.25) is 0 Å². The van der Waals surface area contributed by atoms with Crippen LogP contribution in [0, 0.1) is 0 Å². The van der Waals surface area contributed by atoms with Gasteiger partial charge in [-0.15, -0.1) is 0 Å². The topological polar surface area (TPSA) is 29.1 Å². The van der Waals surface area contributed by atoms with Crippen LogP contribution < -0.4 is 5.32 Å². The summed E-state index contributed by atoms with van der Waals surface area (Å²) in [6.07, 6.45) is 0. The Morgan fingerprint density at radius 3 is 2.40 bits per heavy atom. The van der Waals surface area contributed by atoms with Crippen LogP contribution in [0.5, 0.6) is 0 Å². The molecule has 0 radical (unpaired) electrons. The molecule has 0 aromatic heterocycles. The molecule has 0 bridgehead atoms. The fourth-order valence-corrected chi connectivity index (χ4v) is 2.87. The predicted octanol–water partition coefficient (Wildman–Crippen LogP) is 2.10. The summed E-state index contributed by atoms with van der Waals surface area (Å²) in [6.45, 7) is 4.00. The first-order valence-electron chi connectivity index (χ1n) is 5.30. The van der Waals surface area contributed by atoms with E-state index in [0.29, 0.717) is 5.75 Å². The monoisotopic (exact) mass is 225 g/mol. The first kappa shape index (κ1) is 12.4. The standard InChI is InChI=1S/C12H19NOS/c1-4-15(14)10(2)12(13-3)11-8-6-5-7-9-11/h5-10,12-13H,4H2,1-3H3. The Morgan fingerprint density at radius 1 is 1.33 bits per heavy atom. The van der Waals surface area contributed by atoms with E-state index in [1.165, 1.54) is 5.56 Å². The SMILES string of the molecule is CCS(=O)C(C)C(NC)c1ccccc1. The van der Waals surface area contributed by atoms with Crippen molar-refractivity contribution in [3.8, 4) is 0 Å². The van der Waals surface area contributed by atoms with Crippen LogP contribution in [0.15, 0.2) is 30.3 Å². The molecule has 0 aliphatic heterocycles. The molecular weight excluding hydrogens is 206 g/mol. The molecule has 0 aliphatic rings. The summed E-state index contributed by atoms with van der Waals surface area (Å²) in [5, 5.41) is 3.38. The normalized spacial score (nSPS) is 17.0. The first-order chi connectivity index (χ1) is 7.20. The van der Waals surface area contributed by atoms with Crippen LogP contribution >= 0.6 is 0 Å². The van der Waals surface area contributed by atoms with Gasteiger partial charge in [0.25, 0.3) is 0 Å². The van der Waals surface area contributed by atoms with Crippen LogP contribution in [0.4, 0.5) is 0 Å². The van der Waals surface area contributed by atoms with Crippen molar-refractivity contribution in [2.45, 2.75) is 25.1 Å². The highest BCUT2D eigenvalue weighted by Gasteiger charge is 2.21. The molecule has 1 aromatic carbocycles. The molecule has 3 unspecified atom stereocenters. The molecule has 0 spiro atoms. The zero-order valence-corrected chi connectivity index (χ0v) is 10.4. The summed E-state index contributed by atoms with van der Waals surface area (Å²) in [6, 6.07) is 10.3. The van der Waals surface area contributed by atoms with Crippen molar-refractivity contribution in [3.05, 3.63) is 35.9 Å². The molecule has 0 heterocycles. The summed E-state index contributed by atoms with van der Waals surface area (Å²) < 4.78 is 11.8. The minimum atomic E-state index is -0.765. The average Bonchev–Trinajstić information content (AvgIpc) is 2.30. The van der Waals surface area contributed by atoms with Gasteiger partial charge < -0.3 is 5.32 Å².